The van der Waals surface area contributed by atoms with Crippen molar-refractivity contribution in [1.29, 1.82) is 0 Å². The van der Waals surface area contributed by atoms with Crippen molar-refractivity contribution in [1.82, 2.24) is 19.7 Å². The minimum absolute atomic E-state index is 0.320. The zero-order valence-electron chi connectivity index (χ0n) is 18.6. The minimum Gasteiger partial charge on any atom is -0.372 e. The molecule has 4 aromatic rings. The molecule has 4 rings (SSSR count). The van der Waals surface area contributed by atoms with E-state index in [0.29, 0.717) is 28.9 Å². The first-order valence-corrected chi connectivity index (χ1v) is 11.2. The normalized spacial score (nSPS) is 10.8. The number of carbonyl (C=O) groups excluding carboxylic acids is 1. The molecule has 0 aliphatic heterocycles. The van der Waals surface area contributed by atoms with Crippen LogP contribution in [-0.4, -0.2) is 38.7 Å². The number of carbonyl (C=O) groups is 1. The summed E-state index contributed by atoms with van der Waals surface area (Å²) in [7, 11) is 0. The van der Waals surface area contributed by atoms with Crippen LogP contribution in [-0.2, 0) is 6.54 Å². The number of pyridine rings is 1. The second kappa shape index (κ2) is 10.3. The molecule has 0 bridgehead atoms. The number of aromatic nitrogens is 4. The molecule has 168 valence electrons. The highest BCUT2D eigenvalue weighted by Gasteiger charge is 2.19. The van der Waals surface area contributed by atoms with E-state index < -0.39 is 0 Å². The quantitative estimate of drug-likeness (QED) is 0.392. The van der Waals surface area contributed by atoms with Gasteiger partial charge in [-0.2, -0.15) is 9.67 Å². The van der Waals surface area contributed by atoms with Crippen LogP contribution < -0.4 is 10.2 Å². The van der Waals surface area contributed by atoms with E-state index in [4.69, 9.17) is 11.6 Å². The molecule has 0 unspecified atom stereocenters. The maximum atomic E-state index is 13.2. The molecule has 2 heterocycles. The van der Waals surface area contributed by atoms with Gasteiger partial charge in [0.05, 0.1) is 0 Å². The Morgan fingerprint density at radius 1 is 1.06 bits per heavy atom. The summed E-state index contributed by atoms with van der Waals surface area (Å²) in [6.07, 6.45) is 3.35. The molecule has 1 N–H and O–H groups in total. The third kappa shape index (κ3) is 5.21. The first-order chi connectivity index (χ1) is 16.1. The summed E-state index contributed by atoms with van der Waals surface area (Å²) in [6, 6.07) is 18.8. The summed E-state index contributed by atoms with van der Waals surface area (Å²) in [5.41, 5.74) is 3.40. The number of nitrogens with zero attached hydrogens (tertiary/aromatic N) is 5. The van der Waals surface area contributed by atoms with Gasteiger partial charge in [0, 0.05) is 53.9 Å². The fourth-order valence-corrected chi connectivity index (χ4v) is 3.71. The number of anilines is 2. The number of halogens is 1. The Kier molecular flexibility index (Phi) is 7.00. The molecule has 0 radical (unpaired) electrons. The first-order valence-electron chi connectivity index (χ1n) is 10.8. The van der Waals surface area contributed by atoms with Gasteiger partial charge in [0.1, 0.15) is 0 Å². The third-order valence-corrected chi connectivity index (χ3v) is 5.54. The van der Waals surface area contributed by atoms with E-state index in [-0.39, 0.29) is 5.91 Å². The number of benzene rings is 2. The highest BCUT2D eigenvalue weighted by atomic mass is 35.5. The van der Waals surface area contributed by atoms with E-state index in [1.54, 1.807) is 42.7 Å². The summed E-state index contributed by atoms with van der Waals surface area (Å²) in [6.45, 7) is 6.69. The lowest BCUT2D eigenvalue weighted by Gasteiger charge is -2.21. The second-order valence-corrected chi connectivity index (χ2v) is 7.86. The maximum Gasteiger partial charge on any atom is 0.281 e. The van der Waals surface area contributed by atoms with E-state index in [1.807, 2.05) is 6.07 Å². The van der Waals surface area contributed by atoms with Crippen molar-refractivity contribution in [3.05, 3.63) is 89.2 Å². The molecule has 0 atom stereocenters. The number of rotatable bonds is 8. The van der Waals surface area contributed by atoms with Crippen LogP contribution in [0.25, 0.3) is 11.4 Å². The van der Waals surface area contributed by atoms with Crippen molar-refractivity contribution in [3.63, 3.8) is 0 Å². The van der Waals surface area contributed by atoms with E-state index in [9.17, 15) is 4.79 Å². The van der Waals surface area contributed by atoms with Gasteiger partial charge >= 0.3 is 0 Å². The molecular weight excluding hydrogens is 436 g/mol. The molecule has 33 heavy (non-hydrogen) atoms. The maximum absolute atomic E-state index is 13.2. The monoisotopic (exact) mass is 460 g/mol. The Labute approximate surface area is 198 Å². The van der Waals surface area contributed by atoms with Gasteiger partial charge in [0.15, 0.2) is 5.82 Å². The number of hydrogen-bond donors (Lipinski definition) is 1. The molecular formula is C25H25ClN6O. The van der Waals surface area contributed by atoms with Crippen LogP contribution >= 0.6 is 11.6 Å². The summed E-state index contributed by atoms with van der Waals surface area (Å²) in [5, 5.41) is 8.21. The number of hydrogen-bond acceptors (Lipinski definition) is 6. The molecule has 2 aromatic carbocycles. The van der Waals surface area contributed by atoms with Crippen molar-refractivity contribution < 1.29 is 4.79 Å². The Morgan fingerprint density at radius 2 is 1.85 bits per heavy atom. The van der Waals surface area contributed by atoms with Crippen molar-refractivity contribution in [2.75, 3.05) is 23.3 Å². The van der Waals surface area contributed by atoms with E-state index >= 15 is 0 Å². The van der Waals surface area contributed by atoms with E-state index in [1.165, 1.54) is 10.4 Å². The van der Waals surface area contributed by atoms with E-state index in [2.05, 4.69) is 63.4 Å². The molecule has 2 aromatic heterocycles. The second-order valence-electron chi connectivity index (χ2n) is 7.42. The predicted molar refractivity (Wildman–Crippen MR) is 132 cm³/mol. The van der Waals surface area contributed by atoms with Gasteiger partial charge in [-0.05, 0) is 61.9 Å². The van der Waals surface area contributed by atoms with Gasteiger partial charge in [0.25, 0.3) is 5.91 Å². The van der Waals surface area contributed by atoms with Gasteiger partial charge in [0.2, 0.25) is 5.95 Å². The lowest BCUT2D eigenvalue weighted by molar-refractivity contribution is 0.0947. The van der Waals surface area contributed by atoms with Crippen LogP contribution in [0.2, 0.25) is 5.02 Å². The average molecular weight is 461 g/mol. The fraction of sp³-hybridized carbons (Fsp3) is 0.200. The molecule has 0 fully saturated rings. The standard InChI is InChI=1S/C25H25ClN6O/c1-3-31(4-2)22-12-10-18(11-13-22)16-28-25-29-23(20-8-6-14-27-17-20)30-32(25)24(33)19-7-5-9-21(26)15-19/h5-15,17H,3-4,16H2,1-2H3,(H,28,29,30). The predicted octanol–water partition coefficient (Wildman–Crippen LogP) is 5.14. The highest BCUT2D eigenvalue weighted by molar-refractivity contribution is 6.31. The molecule has 0 amide bonds. The Hall–Kier alpha value is -3.71. The largest absolute Gasteiger partial charge is 0.372 e. The van der Waals surface area contributed by atoms with Crippen LogP contribution in [0.1, 0.15) is 29.8 Å². The van der Waals surface area contributed by atoms with Gasteiger partial charge < -0.3 is 10.2 Å². The van der Waals surface area contributed by atoms with Gasteiger partial charge in [-0.25, -0.2) is 0 Å². The Balaban J connectivity index is 1.61. The average Bonchev–Trinajstić information content (AvgIpc) is 3.28. The van der Waals surface area contributed by atoms with Crippen molar-refractivity contribution in [3.8, 4) is 11.4 Å². The summed E-state index contributed by atoms with van der Waals surface area (Å²) >= 11 is 6.09. The first kappa shape index (κ1) is 22.5. The molecule has 0 saturated heterocycles. The minimum atomic E-state index is -0.320. The van der Waals surface area contributed by atoms with Crippen LogP contribution in [0, 0.1) is 0 Å². The third-order valence-electron chi connectivity index (χ3n) is 5.31. The summed E-state index contributed by atoms with van der Waals surface area (Å²) in [5.74, 6) is 0.448. The van der Waals surface area contributed by atoms with Crippen LogP contribution in [0.4, 0.5) is 11.6 Å². The van der Waals surface area contributed by atoms with E-state index in [0.717, 1.165) is 24.2 Å². The topological polar surface area (TPSA) is 75.9 Å². The molecule has 0 aliphatic carbocycles. The summed E-state index contributed by atoms with van der Waals surface area (Å²) < 4.78 is 1.28. The van der Waals surface area contributed by atoms with Crippen molar-refractivity contribution in [2.24, 2.45) is 0 Å². The fourth-order valence-electron chi connectivity index (χ4n) is 3.52. The highest BCUT2D eigenvalue weighted by Crippen LogP contribution is 2.21. The zero-order valence-corrected chi connectivity index (χ0v) is 19.3. The van der Waals surface area contributed by atoms with Crippen LogP contribution in [0.3, 0.4) is 0 Å². The Bertz CT molecular complexity index is 1220. The lowest BCUT2D eigenvalue weighted by Crippen LogP contribution is -2.21. The van der Waals surface area contributed by atoms with Crippen molar-refractivity contribution in [2.45, 2.75) is 20.4 Å². The van der Waals surface area contributed by atoms with Crippen molar-refractivity contribution >= 4 is 29.1 Å². The molecule has 7 nitrogen and oxygen atoms in total. The molecule has 0 spiro atoms. The molecule has 0 saturated carbocycles. The zero-order chi connectivity index (χ0) is 23.2. The molecule has 8 heteroatoms. The van der Waals surface area contributed by atoms with Gasteiger partial charge in [-0.15, -0.1) is 5.10 Å². The van der Waals surface area contributed by atoms with Gasteiger partial charge in [-0.3, -0.25) is 9.78 Å². The SMILES string of the molecule is CCN(CC)c1ccc(CNc2nc(-c3cccnc3)nn2C(=O)c2cccc(Cl)c2)cc1. The molecule has 0 aliphatic rings. The smallest absolute Gasteiger partial charge is 0.281 e. The van der Waals surface area contributed by atoms with Crippen LogP contribution in [0.15, 0.2) is 73.1 Å². The summed E-state index contributed by atoms with van der Waals surface area (Å²) in [4.78, 5) is 24.2. The number of nitrogens with one attached hydrogen (secondary N) is 1. The van der Waals surface area contributed by atoms with Gasteiger partial charge in [-0.1, -0.05) is 29.8 Å². The lowest BCUT2D eigenvalue weighted by atomic mass is 10.2. The van der Waals surface area contributed by atoms with Crippen LogP contribution in [0.5, 0.6) is 0 Å². The Morgan fingerprint density at radius 3 is 2.52 bits per heavy atom.